The van der Waals surface area contributed by atoms with Gasteiger partial charge in [-0.1, -0.05) is 13.0 Å². The minimum Gasteiger partial charge on any atom is -0.355 e. The highest BCUT2D eigenvalue weighted by atomic mass is 16.1. The summed E-state index contributed by atoms with van der Waals surface area (Å²) < 4.78 is 0. The summed E-state index contributed by atoms with van der Waals surface area (Å²) in [6.45, 7) is 2.78. The quantitative estimate of drug-likeness (QED) is 0.821. The molecule has 1 N–H and O–H groups in total. The third-order valence-electron chi connectivity index (χ3n) is 3.23. The lowest BCUT2D eigenvalue weighted by Crippen LogP contribution is -2.32. The lowest BCUT2D eigenvalue weighted by atomic mass is 9.98. The topological polar surface area (TPSA) is 42.0 Å². The Kier molecular flexibility index (Phi) is 3.22. The number of pyridine rings is 1. The van der Waals surface area contributed by atoms with Gasteiger partial charge in [-0.15, -0.1) is 0 Å². The third-order valence-corrected chi connectivity index (χ3v) is 3.23. The Hall–Kier alpha value is -1.38. The van der Waals surface area contributed by atoms with Crippen molar-refractivity contribution in [2.75, 3.05) is 6.54 Å². The predicted molar refractivity (Wildman–Crippen MR) is 63.1 cm³/mol. The highest BCUT2D eigenvalue weighted by molar-refractivity contribution is 5.76. The number of nitrogens with zero attached hydrogens (tertiary/aromatic N) is 1. The summed E-state index contributed by atoms with van der Waals surface area (Å²) in [6, 6.07) is 4.06. The van der Waals surface area contributed by atoms with Gasteiger partial charge in [-0.3, -0.25) is 9.78 Å². The van der Waals surface area contributed by atoms with Gasteiger partial charge in [-0.05, 0) is 30.9 Å². The van der Waals surface area contributed by atoms with Crippen molar-refractivity contribution in [3.63, 3.8) is 0 Å². The van der Waals surface area contributed by atoms with Crippen molar-refractivity contribution in [3.8, 4) is 0 Å². The third kappa shape index (κ3) is 2.40. The monoisotopic (exact) mass is 218 g/mol. The van der Waals surface area contributed by atoms with E-state index in [9.17, 15) is 4.79 Å². The molecule has 2 rings (SSSR count). The second-order valence-corrected chi connectivity index (χ2v) is 4.55. The first-order chi connectivity index (χ1) is 7.77. The lowest BCUT2D eigenvalue weighted by Gasteiger charge is -2.15. The number of aromatic nitrogens is 1. The van der Waals surface area contributed by atoms with Crippen LogP contribution in [0.3, 0.4) is 0 Å². The molecule has 0 unspecified atom stereocenters. The molecule has 1 saturated carbocycles. The van der Waals surface area contributed by atoms with E-state index in [0.29, 0.717) is 6.42 Å². The summed E-state index contributed by atoms with van der Waals surface area (Å²) in [6.07, 6.45) is 7.55. The van der Waals surface area contributed by atoms with Crippen molar-refractivity contribution >= 4 is 5.91 Å². The fourth-order valence-corrected chi connectivity index (χ4v) is 1.98. The average molecular weight is 218 g/mol. The largest absolute Gasteiger partial charge is 0.355 e. The number of rotatable bonds is 5. The van der Waals surface area contributed by atoms with Crippen molar-refractivity contribution in [2.45, 2.75) is 38.0 Å². The van der Waals surface area contributed by atoms with E-state index in [1.807, 2.05) is 19.2 Å². The van der Waals surface area contributed by atoms with E-state index < -0.39 is 0 Å². The van der Waals surface area contributed by atoms with Gasteiger partial charge in [0.2, 0.25) is 5.91 Å². The molecule has 0 atom stereocenters. The van der Waals surface area contributed by atoms with Gasteiger partial charge in [0.05, 0.1) is 0 Å². The van der Waals surface area contributed by atoms with Crippen LogP contribution in [0.2, 0.25) is 0 Å². The van der Waals surface area contributed by atoms with Gasteiger partial charge in [0, 0.05) is 30.8 Å². The molecule has 3 nitrogen and oxygen atoms in total. The number of hydrogen-bond acceptors (Lipinski definition) is 2. The standard InChI is InChI=1S/C13H18N2O/c1-2-4-12(16)15-10-13(6-7-13)11-5-3-8-14-9-11/h3,5,8-9H,2,4,6-7,10H2,1H3,(H,15,16). The van der Waals surface area contributed by atoms with Crippen LogP contribution in [0.4, 0.5) is 0 Å². The van der Waals surface area contributed by atoms with Crippen LogP contribution >= 0.6 is 0 Å². The normalized spacial score (nSPS) is 16.8. The molecule has 0 radical (unpaired) electrons. The molecule has 86 valence electrons. The van der Waals surface area contributed by atoms with Crippen LogP contribution < -0.4 is 5.32 Å². The van der Waals surface area contributed by atoms with E-state index in [-0.39, 0.29) is 11.3 Å². The molecule has 16 heavy (non-hydrogen) atoms. The minimum absolute atomic E-state index is 0.165. The van der Waals surface area contributed by atoms with Gasteiger partial charge in [-0.25, -0.2) is 0 Å². The van der Waals surface area contributed by atoms with Crippen molar-refractivity contribution in [1.82, 2.24) is 10.3 Å². The molecule has 0 spiro atoms. The molecule has 1 aromatic rings. The summed E-state index contributed by atoms with van der Waals surface area (Å²) in [5.41, 5.74) is 1.43. The first-order valence-electron chi connectivity index (χ1n) is 5.94. The Morgan fingerprint density at radius 3 is 2.94 bits per heavy atom. The molecular weight excluding hydrogens is 200 g/mol. The van der Waals surface area contributed by atoms with Gasteiger partial charge in [0.25, 0.3) is 0 Å². The van der Waals surface area contributed by atoms with Crippen LogP contribution in [-0.2, 0) is 10.2 Å². The highest BCUT2D eigenvalue weighted by Crippen LogP contribution is 2.47. The van der Waals surface area contributed by atoms with Gasteiger partial charge in [0.15, 0.2) is 0 Å². The summed E-state index contributed by atoms with van der Waals surface area (Å²) in [5.74, 6) is 0.165. The summed E-state index contributed by atoms with van der Waals surface area (Å²) in [4.78, 5) is 15.6. The highest BCUT2D eigenvalue weighted by Gasteiger charge is 2.44. The summed E-state index contributed by atoms with van der Waals surface area (Å²) in [7, 11) is 0. The Balaban J connectivity index is 1.92. The van der Waals surface area contributed by atoms with Crippen molar-refractivity contribution in [3.05, 3.63) is 30.1 Å². The van der Waals surface area contributed by atoms with Crippen LogP contribution in [0.15, 0.2) is 24.5 Å². The number of carbonyl (C=O) groups excluding carboxylic acids is 1. The Morgan fingerprint density at radius 1 is 1.56 bits per heavy atom. The second kappa shape index (κ2) is 4.64. The van der Waals surface area contributed by atoms with E-state index >= 15 is 0 Å². The molecule has 1 aliphatic carbocycles. The number of carbonyl (C=O) groups is 1. The fourth-order valence-electron chi connectivity index (χ4n) is 1.98. The van der Waals surface area contributed by atoms with Crippen LogP contribution in [-0.4, -0.2) is 17.4 Å². The van der Waals surface area contributed by atoms with Crippen LogP contribution in [0.25, 0.3) is 0 Å². The van der Waals surface area contributed by atoms with Gasteiger partial charge in [-0.2, -0.15) is 0 Å². The Bertz CT molecular complexity index is 357. The van der Waals surface area contributed by atoms with Gasteiger partial charge >= 0.3 is 0 Å². The molecule has 0 bridgehead atoms. The molecule has 1 aromatic heterocycles. The van der Waals surface area contributed by atoms with E-state index in [2.05, 4.69) is 16.4 Å². The number of hydrogen-bond donors (Lipinski definition) is 1. The maximum atomic E-state index is 11.4. The summed E-state index contributed by atoms with van der Waals surface area (Å²) >= 11 is 0. The molecule has 1 amide bonds. The Morgan fingerprint density at radius 2 is 2.38 bits per heavy atom. The molecule has 1 fully saturated rings. The zero-order chi connectivity index (χ0) is 11.4. The first-order valence-corrected chi connectivity index (χ1v) is 5.94. The molecule has 0 saturated heterocycles. The van der Waals surface area contributed by atoms with E-state index in [1.54, 1.807) is 6.20 Å². The van der Waals surface area contributed by atoms with Crippen molar-refractivity contribution in [2.24, 2.45) is 0 Å². The van der Waals surface area contributed by atoms with E-state index in [4.69, 9.17) is 0 Å². The zero-order valence-corrected chi connectivity index (χ0v) is 9.70. The lowest BCUT2D eigenvalue weighted by molar-refractivity contribution is -0.121. The van der Waals surface area contributed by atoms with Crippen LogP contribution in [0, 0.1) is 0 Å². The molecule has 0 aliphatic heterocycles. The number of amides is 1. The predicted octanol–water partition coefficient (Wildman–Crippen LogP) is 2.03. The first kappa shape index (κ1) is 11.1. The molecule has 3 heteroatoms. The minimum atomic E-state index is 0.165. The van der Waals surface area contributed by atoms with Crippen LogP contribution in [0.1, 0.15) is 38.2 Å². The fraction of sp³-hybridized carbons (Fsp3) is 0.538. The smallest absolute Gasteiger partial charge is 0.220 e. The molecule has 1 heterocycles. The molecule has 1 aliphatic rings. The zero-order valence-electron chi connectivity index (χ0n) is 9.70. The van der Waals surface area contributed by atoms with Crippen molar-refractivity contribution in [1.29, 1.82) is 0 Å². The van der Waals surface area contributed by atoms with Gasteiger partial charge < -0.3 is 5.32 Å². The van der Waals surface area contributed by atoms with Crippen molar-refractivity contribution < 1.29 is 4.79 Å². The molecular formula is C13H18N2O. The SMILES string of the molecule is CCCC(=O)NCC1(c2cccnc2)CC1. The maximum absolute atomic E-state index is 11.4. The maximum Gasteiger partial charge on any atom is 0.220 e. The second-order valence-electron chi connectivity index (χ2n) is 4.55. The average Bonchev–Trinajstić information content (AvgIpc) is 3.09. The van der Waals surface area contributed by atoms with E-state index in [0.717, 1.165) is 25.8 Å². The molecule has 0 aromatic carbocycles. The number of nitrogens with one attached hydrogen (secondary N) is 1. The van der Waals surface area contributed by atoms with Crippen LogP contribution in [0.5, 0.6) is 0 Å². The summed E-state index contributed by atoms with van der Waals surface area (Å²) in [5, 5.41) is 3.02. The van der Waals surface area contributed by atoms with Gasteiger partial charge in [0.1, 0.15) is 0 Å². The Labute approximate surface area is 96.3 Å². The van der Waals surface area contributed by atoms with E-state index in [1.165, 1.54) is 5.56 Å².